The van der Waals surface area contributed by atoms with Gasteiger partial charge in [0.1, 0.15) is 0 Å². The molecule has 2 aliphatic heterocycles. The highest BCUT2D eigenvalue weighted by molar-refractivity contribution is 6.37. The van der Waals surface area contributed by atoms with Crippen molar-refractivity contribution in [1.29, 1.82) is 0 Å². The highest BCUT2D eigenvalue weighted by atomic mass is 16.5. The lowest BCUT2D eigenvalue weighted by molar-refractivity contribution is -0.127. The van der Waals surface area contributed by atoms with Gasteiger partial charge < -0.3 is 4.74 Å². The van der Waals surface area contributed by atoms with Crippen LogP contribution in [0.3, 0.4) is 0 Å². The van der Waals surface area contributed by atoms with E-state index in [1.54, 1.807) is 36.4 Å². The fraction of sp³-hybridized carbons (Fsp3) is 0.241. The zero-order valence-electron chi connectivity index (χ0n) is 19.4. The lowest BCUT2D eigenvalue weighted by Crippen LogP contribution is -2.51. The molecule has 1 spiro atoms. The molecule has 3 unspecified atom stereocenters. The molecule has 0 N–H and O–H groups in total. The number of anilines is 1. The number of Topliss-reactive ketones (excluding diaryl/α,β-unsaturated/α-hetero) is 2. The van der Waals surface area contributed by atoms with Crippen LogP contribution >= 0.6 is 0 Å². The first-order valence-electron chi connectivity index (χ1n) is 11.8. The van der Waals surface area contributed by atoms with Crippen LogP contribution in [0.15, 0.2) is 72.8 Å². The molecule has 3 atom stereocenters. The number of imide groups is 1. The SMILES string of the molecule is CCc1ccc(C2OC3(C(=O)c4ccccc4C3=O)C3C(=O)N(c4ccc(C)cc4)C(=O)C23)cc1. The van der Waals surface area contributed by atoms with Gasteiger partial charge in [-0.3, -0.25) is 19.2 Å². The minimum atomic E-state index is -2.05. The van der Waals surface area contributed by atoms with Crippen LogP contribution in [-0.4, -0.2) is 29.0 Å². The Morgan fingerprint density at radius 1 is 0.800 bits per heavy atom. The minimum absolute atomic E-state index is 0.229. The molecule has 35 heavy (non-hydrogen) atoms. The maximum absolute atomic E-state index is 13.9. The van der Waals surface area contributed by atoms with Crippen molar-refractivity contribution in [3.8, 4) is 0 Å². The number of ketones is 2. The fourth-order valence-corrected chi connectivity index (χ4v) is 5.71. The number of fused-ring (bicyclic) bond motifs is 3. The molecule has 0 aromatic heterocycles. The van der Waals surface area contributed by atoms with Crippen molar-refractivity contribution in [2.75, 3.05) is 4.90 Å². The summed E-state index contributed by atoms with van der Waals surface area (Å²) in [6.07, 6.45) is -0.0628. The number of hydrogen-bond donors (Lipinski definition) is 0. The second-order valence-electron chi connectivity index (χ2n) is 9.42. The van der Waals surface area contributed by atoms with Crippen molar-refractivity contribution in [1.82, 2.24) is 0 Å². The van der Waals surface area contributed by atoms with Crippen molar-refractivity contribution < 1.29 is 23.9 Å². The minimum Gasteiger partial charge on any atom is -0.349 e. The lowest BCUT2D eigenvalue weighted by atomic mass is 9.77. The van der Waals surface area contributed by atoms with Crippen molar-refractivity contribution >= 4 is 29.1 Å². The topological polar surface area (TPSA) is 80.8 Å². The van der Waals surface area contributed by atoms with Crippen LogP contribution in [0.5, 0.6) is 0 Å². The van der Waals surface area contributed by atoms with Gasteiger partial charge in [0.25, 0.3) is 0 Å². The van der Waals surface area contributed by atoms with Gasteiger partial charge in [0.2, 0.25) is 29.0 Å². The molecular weight excluding hydrogens is 442 g/mol. The third-order valence-corrected chi connectivity index (χ3v) is 7.53. The Kier molecular flexibility index (Phi) is 4.66. The van der Waals surface area contributed by atoms with E-state index in [9.17, 15) is 19.2 Å². The Morgan fingerprint density at radius 2 is 1.40 bits per heavy atom. The molecular formula is C29H23NO5. The van der Waals surface area contributed by atoms with E-state index >= 15 is 0 Å². The molecule has 1 aliphatic carbocycles. The monoisotopic (exact) mass is 465 g/mol. The number of carbonyl (C=O) groups excluding carboxylic acids is 4. The predicted molar refractivity (Wildman–Crippen MR) is 128 cm³/mol. The molecule has 0 bridgehead atoms. The second kappa shape index (κ2) is 7.55. The maximum atomic E-state index is 13.9. The van der Waals surface area contributed by atoms with Gasteiger partial charge in [-0.1, -0.05) is 73.2 Å². The average molecular weight is 466 g/mol. The van der Waals surface area contributed by atoms with Crippen molar-refractivity contribution in [3.05, 3.63) is 101 Å². The van der Waals surface area contributed by atoms with E-state index in [4.69, 9.17) is 4.74 Å². The first-order chi connectivity index (χ1) is 16.9. The fourth-order valence-electron chi connectivity index (χ4n) is 5.71. The Bertz CT molecular complexity index is 1370. The Hall–Kier alpha value is -3.90. The summed E-state index contributed by atoms with van der Waals surface area (Å²) < 4.78 is 6.32. The predicted octanol–water partition coefficient (Wildman–Crippen LogP) is 4.25. The van der Waals surface area contributed by atoms with Crippen LogP contribution in [0.2, 0.25) is 0 Å². The van der Waals surface area contributed by atoms with Gasteiger partial charge >= 0.3 is 0 Å². The number of nitrogens with zero attached hydrogens (tertiary/aromatic N) is 1. The standard InChI is InChI=1S/C29H23NO5/c1-3-17-10-12-18(13-11-17)24-22-23(28(34)30(27(22)33)19-14-8-16(2)9-15-19)29(35-24)25(31)20-6-4-5-7-21(20)26(29)32/h4-15,22-24H,3H2,1-2H3. The number of carbonyl (C=O) groups is 4. The molecule has 2 saturated heterocycles. The van der Waals surface area contributed by atoms with Crippen LogP contribution in [0.25, 0.3) is 0 Å². The molecule has 3 aromatic rings. The van der Waals surface area contributed by atoms with Crippen LogP contribution in [0, 0.1) is 18.8 Å². The van der Waals surface area contributed by atoms with Crippen LogP contribution in [-0.2, 0) is 20.7 Å². The summed E-state index contributed by atoms with van der Waals surface area (Å²) >= 11 is 0. The summed E-state index contributed by atoms with van der Waals surface area (Å²) in [5.41, 5.74) is 1.59. The van der Waals surface area contributed by atoms with E-state index in [0.717, 1.165) is 22.4 Å². The van der Waals surface area contributed by atoms with E-state index in [2.05, 4.69) is 0 Å². The number of benzene rings is 3. The Labute approximate surface area is 202 Å². The van der Waals surface area contributed by atoms with Crippen LogP contribution in [0.1, 0.15) is 50.4 Å². The van der Waals surface area contributed by atoms with Gasteiger partial charge in [-0.15, -0.1) is 0 Å². The van der Waals surface area contributed by atoms with Gasteiger partial charge in [-0.25, -0.2) is 4.90 Å². The van der Waals surface area contributed by atoms with E-state index in [-0.39, 0.29) is 11.1 Å². The summed E-state index contributed by atoms with van der Waals surface area (Å²) in [7, 11) is 0. The molecule has 6 heteroatoms. The van der Waals surface area contributed by atoms with Gasteiger partial charge in [0.15, 0.2) is 0 Å². The molecule has 0 radical (unpaired) electrons. The molecule has 174 valence electrons. The molecule has 2 heterocycles. The molecule has 6 nitrogen and oxygen atoms in total. The van der Waals surface area contributed by atoms with Gasteiger partial charge in [0.05, 0.1) is 23.6 Å². The molecule has 3 aromatic carbocycles. The summed E-state index contributed by atoms with van der Waals surface area (Å²) in [6.45, 7) is 3.95. The number of amides is 2. The lowest BCUT2D eigenvalue weighted by Gasteiger charge is -2.27. The highest BCUT2D eigenvalue weighted by Gasteiger charge is 2.74. The molecule has 2 fully saturated rings. The summed E-state index contributed by atoms with van der Waals surface area (Å²) in [5, 5.41) is 0. The first kappa shape index (κ1) is 21.6. The highest BCUT2D eigenvalue weighted by Crippen LogP contribution is 2.57. The number of ether oxygens (including phenoxy) is 1. The third kappa shape index (κ3) is 2.80. The van der Waals surface area contributed by atoms with E-state index in [1.165, 1.54) is 0 Å². The smallest absolute Gasteiger partial charge is 0.241 e. The first-order valence-corrected chi connectivity index (χ1v) is 11.8. The number of rotatable bonds is 3. The Balaban J connectivity index is 1.53. The van der Waals surface area contributed by atoms with Gasteiger partial charge in [0, 0.05) is 11.1 Å². The normalized spacial score (nSPS) is 24.4. The summed E-state index contributed by atoms with van der Waals surface area (Å²) in [5.74, 6) is -4.36. The van der Waals surface area contributed by atoms with Crippen LogP contribution in [0.4, 0.5) is 5.69 Å². The number of hydrogen-bond acceptors (Lipinski definition) is 5. The van der Waals surface area contributed by atoms with Crippen molar-refractivity contribution in [3.63, 3.8) is 0 Å². The molecule has 0 saturated carbocycles. The largest absolute Gasteiger partial charge is 0.349 e. The Morgan fingerprint density at radius 3 is 1.97 bits per heavy atom. The summed E-state index contributed by atoms with van der Waals surface area (Å²) in [4.78, 5) is 56.4. The van der Waals surface area contributed by atoms with Crippen molar-refractivity contribution in [2.45, 2.75) is 32.0 Å². The molecule has 6 rings (SSSR count). The third-order valence-electron chi connectivity index (χ3n) is 7.53. The second-order valence-corrected chi connectivity index (χ2v) is 9.42. The van der Waals surface area contributed by atoms with Crippen molar-refractivity contribution in [2.24, 2.45) is 11.8 Å². The van der Waals surface area contributed by atoms with E-state index in [1.807, 2.05) is 50.2 Å². The zero-order valence-corrected chi connectivity index (χ0v) is 19.4. The maximum Gasteiger partial charge on any atom is 0.241 e. The quantitative estimate of drug-likeness (QED) is 0.427. The number of aryl methyl sites for hydroxylation is 2. The van der Waals surface area contributed by atoms with E-state index in [0.29, 0.717) is 11.3 Å². The average Bonchev–Trinajstić information content (AvgIpc) is 3.45. The van der Waals surface area contributed by atoms with E-state index < -0.39 is 46.9 Å². The van der Waals surface area contributed by atoms with Gasteiger partial charge in [-0.2, -0.15) is 0 Å². The van der Waals surface area contributed by atoms with Gasteiger partial charge in [-0.05, 0) is 36.6 Å². The zero-order chi connectivity index (χ0) is 24.5. The summed E-state index contributed by atoms with van der Waals surface area (Å²) in [6, 6.07) is 21.1. The molecule has 2 amide bonds. The molecule has 3 aliphatic rings. The van der Waals surface area contributed by atoms with Crippen LogP contribution < -0.4 is 4.90 Å².